The van der Waals surface area contributed by atoms with E-state index in [-0.39, 0.29) is 5.69 Å². The van der Waals surface area contributed by atoms with Gasteiger partial charge in [-0.1, -0.05) is 6.07 Å². The molecule has 3 nitrogen and oxygen atoms in total. The van der Waals surface area contributed by atoms with E-state index >= 15 is 0 Å². The molecule has 64 valence electrons. The number of anilines is 1. The summed E-state index contributed by atoms with van der Waals surface area (Å²) in [6.45, 7) is 1.61. The van der Waals surface area contributed by atoms with Gasteiger partial charge in [0.2, 0.25) is 0 Å². The van der Waals surface area contributed by atoms with Crippen molar-refractivity contribution in [1.29, 1.82) is 0 Å². The number of amides is 1. The maximum Gasteiger partial charge on any atom is 0.409 e. The van der Waals surface area contributed by atoms with Crippen LogP contribution in [0.4, 0.5) is 14.9 Å². The molecule has 0 spiro atoms. The number of nitrogens with one attached hydrogen (secondary N) is 1. The van der Waals surface area contributed by atoms with Crippen LogP contribution in [-0.4, -0.2) is 11.2 Å². The van der Waals surface area contributed by atoms with E-state index < -0.39 is 11.9 Å². The van der Waals surface area contributed by atoms with Gasteiger partial charge in [-0.3, -0.25) is 5.32 Å². The highest BCUT2D eigenvalue weighted by atomic mass is 19.1. The fourth-order valence-corrected chi connectivity index (χ4v) is 0.794. The Morgan fingerprint density at radius 2 is 2.25 bits per heavy atom. The van der Waals surface area contributed by atoms with Crippen LogP contribution in [0.15, 0.2) is 18.2 Å². The van der Waals surface area contributed by atoms with Crippen molar-refractivity contribution in [1.82, 2.24) is 0 Å². The maximum atomic E-state index is 12.8. The van der Waals surface area contributed by atoms with Crippen LogP contribution < -0.4 is 5.32 Å². The zero-order valence-electron chi connectivity index (χ0n) is 6.47. The molecule has 4 heteroatoms. The van der Waals surface area contributed by atoms with E-state index in [1.165, 1.54) is 12.1 Å². The number of benzene rings is 1. The average Bonchev–Trinajstić information content (AvgIpc) is 1.96. The van der Waals surface area contributed by atoms with Crippen molar-refractivity contribution in [2.75, 3.05) is 5.32 Å². The van der Waals surface area contributed by atoms with Crippen molar-refractivity contribution >= 4 is 11.8 Å². The minimum absolute atomic E-state index is 0.241. The van der Waals surface area contributed by atoms with Gasteiger partial charge in [0.15, 0.2) is 0 Å². The molecule has 0 aliphatic rings. The van der Waals surface area contributed by atoms with E-state index in [0.29, 0.717) is 5.56 Å². The van der Waals surface area contributed by atoms with Gasteiger partial charge in [-0.15, -0.1) is 0 Å². The Kier molecular flexibility index (Phi) is 2.28. The molecule has 1 rings (SSSR count). The molecule has 0 fully saturated rings. The van der Waals surface area contributed by atoms with E-state index in [2.05, 4.69) is 0 Å². The molecule has 0 saturated carbocycles. The normalized spacial score (nSPS) is 9.50. The molecule has 0 atom stereocenters. The molecular weight excluding hydrogens is 161 g/mol. The first kappa shape index (κ1) is 8.52. The quantitative estimate of drug-likeness (QED) is 0.677. The van der Waals surface area contributed by atoms with Crippen LogP contribution in [0.5, 0.6) is 0 Å². The second-order valence-corrected chi connectivity index (χ2v) is 2.39. The molecule has 0 aliphatic carbocycles. The summed E-state index contributed by atoms with van der Waals surface area (Å²) in [7, 11) is 0. The summed E-state index contributed by atoms with van der Waals surface area (Å²) >= 11 is 0. The van der Waals surface area contributed by atoms with Crippen molar-refractivity contribution < 1.29 is 14.3 Å². The van der Waals surface area contributed by atoms with Gasteiger partial charge in [0.25, 0.3) is 0 Å². The van der Waals surface area contributed by atoms with Gasteiger partial charge in [0.05, 0.1) is 0 Å². The third kappa shape index (κ3) is 1.95. The number of aryl methyl sites for hydroxylation is 1. The molecule has 0 aromatic heterocycles. The van der Waals surface area contributed by atoms with Gasteiger partial charge < -0.3 is 5.11 Å². The van der Waals surface area contributed by atoms with Crippen LogP contribution >= 0.6 is 0 Å². The predicted octanol–water partition coefficient (Wildman–Crippen LogP) is 2.22. The highest BCUT2D eigenvalue weighted by Gasteiger charge is 2.00. The van der Waals surface area contributed by atoms with Crippen LogP contribution in [0.25, 0.3) is 0 Å². The fourth-order valence-electron chi connectivity index (χ4n) is 0.794. The zero-order valence-corrected chi connectivity index (χ0v) is 6.47. The minimum Gasteiger partial charge on any atom is -0.465 e. The summed E-state index contributed by atoms with van der Waals surface area (Å²) in [5.41, 5.74) is 0.733. The fraction of sp³-hybridized carbons (Fsp3) is 0.125. The Hall–Kier alpha value is -1.58. The average molecular weight is 169 g/mol. The van der Waals surface area contributed by atoms with Gasteiger partial charge in [0, 0.05) is 5.69 Å². The predicted molar refractivity (Wildman–Crippen MR) is 42.8 cm³/mol. The molecule has 12 heavy (non-hydrogen) atoms. The van der Waals surface area contributed by atoms with E-state index in [1.807, 2.05) is 5.32 Å². The summed E-state index contributed by atoms with van der Waals surface area (Å²) in [6.07, 6.45) is -1.20. The molecule has 1 aromatic carbocycles. The van der Waals surface area contributed by atoms with E-state index in [9.17, 15) is 9.18 Å². The molecule has 0 aliphatic heterocycles. The molecule has 0 radical (unpaired) electrons. The van der Waals surface area contributed by atoms with Gasteiger partial charge >= 0.3 is 6.09 Å². The van der Waals surface area contributed by atoms with Crippen molar-refractivity contribution in [2.24, 2.45) is 0 Å². The standard InChI is InChI=1S/C8H8FNO2/c1-5-2-3-6(4-7(5)9)10-8(11)12/h2-4,10H,1H3,(H,11,12). The van der Waals surface area contributed by atoms with E-state index in [4.69, 9.17) is 5.11 Å². The molecule has 0 heterocycles. The molecule has 1 amide bonds. The Balaban J connectivity index is 2.89. The Morgan fingerprint density at radius 3 is 2.75 bits per heavy atom. The van der Waals surface area contributed by atoms with Crippen LogP contribution in [0, 0.1) is 12.7 Å². The summed E-state index contributed by atoms with van der Waals surface area (Å²) in [5, 5.41) is 10.3. The second kappa shape index (κ2) is 3.21. The van der Waals surface area contributed by atoms with Crippen molar-refractivity contribution in [2.45, 2.75) is 6.92 Å². The summed E-state index contributed by atoms with van der Waals surface area (Å²) in [5.74, 6) is -0.416. The lowest BCUT2D eigenvalue weighted by Crippen LogP contribution is -2.07. The highest BCUT2D eigenvalue weighted by Crippen LogP contribution is 2.12. The van der Waals surface area contributed by atoms with Crippen molar-refractivity contribution in [3.05, 3.63) is 29.6 Å². The summed E-state index contributed by atoms with van der Waals surface area (Å²) in [6, 6.07) is 4.16. The molecule has 0 saturated heterocycles. The topological polar surface area (TPSA) is 49.3 Å². The smallest absolute Gasteiger partial charge is 0.409 e. The number of hydrogen-bond donors (Lipinski definition) is 2. The van der Waals surface area contributed by atoms with Gasteiger partial charge in [-0.2, -0.15) is 0 Å². The van der Waals surface area contributed by atoms with Gasteiger partial charge in [-0.25, -0.2) is 9.18 Å². The monoisotopic (exact) mass is 169 g/mol. The molecule has 2 N–H and O–H groups in total. The molecular formula is C8H8FNO2. The third-order valence-corrected chi connectivity index (χ3v) is 1.42. The Bertz CT molecular complexity index is 312. The lowest BCUT2D eigenvalue weighted by atomic mass is 10.2. The number of carbonyl (C=O) groups is 1. The molecule has 0 bridgehead atoms. The van der Waals surface area contributed by atoms with E-state index in [0.717, 1.165) is 6.07 Å². The van der Waals surface area contributed by atoms with Crippen LogP contribution in [0.2, 0.25) is 0 Å². The lowest BCUT2D eigenvalue weighted by Gasteiger charge is -2.01. The van der Waals surface area contributed by atoms with Crippen LogP contribution in [-0.2, 0) is 0 Å². The van der Waals surface area contributed by atoms with E-state index in [1.54, 1.807) is 6.92 Å². The SMILES string of the molecule is Cc1ccc(NC(=O)O)cc1F. The highest BCUT2D eigenvalue weighted by molar-refractivity contribution is 5.82. The number of carboxylic acid groups (broad SMARTS) is 1. The first-order chi connectivity index (χ1) is 5.59. The van der Waals surface area contributed by atoms with Gasteiger partial charge in [0.1, 0.15) is 5.82 Å². The van der Waals surface area contributed by atoms with Crippen molar-refractivity contribution in [3.63, 3.8) is 0 Å². The zero-order chi connectivity index (χ0) is 9.14. The maximum absolute atomic E-state index is 12.8. The first-order valence-corrected chi connectivity index (χ1v) is 3.35. The number of hydrogen-bond acceptors (Lipinski definition) is 1. The van der Waals surface area contributed by atoms with Gasteiger partial charge in [-0.05, 0) is 24.6 Å². The second-order valence-electron chi connectivity index (χ2n) is 2.39. The Labute approximate surface area is 68.8 Å². The van der Waals surface area contributed by atoms with Crippen LogP contribution in [0.3, 0.4) is 0 Å². The van der Waals surface area contributed by atoms with Crippen LogP contribution in [0.1, 0.15) is 5.56 Å². The Morgan fingerprint density at radius 1 is 1.58 bits per heavy atom. The third-order valence-electron chi connectivity index (χ3n) is 1.42. The molecule has 1 aromatic rings. The first-order valence-electron chi connectivity index (χ1n) is 3.35. The lowest BCUT2D eigenvalue weighted by molar-refractivity contribution is 0.209. The number of rotatable bonds is 1. The minimum atomic E-state index is -1.20. The largest absolute Gasteiger partial charge is 0.465 e. The number of halogens is 1. The molecule has 0 unspecified atom stereocenters. The summed E-state index contributed by atoms with van der Waals surface area (Å²) < 4.78 is 12.8. The van der Waals surface area contributed by atoms with Crippen molar-refractivity contribution in [3.8, 4) is 0 Å². The summed E-state index contributed by atoms with van der Waals surface area (Å²) in [4.78, 5) is 10.1.